The van der Waals surface area contributed by atoms with Gasteiger partial charge in [-0.05, 0) is 12.1 Å². The fourth-order valence-corrected chi connectivity index (χ4v) is 0.857. The van der Waals surface area contributed by atoms with Gasteiger partial charge in [-0.15, -0.1) is 0 Å². The fourth-order valence-electron chi connectivity index (χ4n) is 0.857. The van der Waals surface area contributed by atoms with Crippen molar-refractivity contribution in [2.24, 2.45) is 0 Å². The highest BCUT2D eigenvalue weighted by atomic mass is 16.3. The first-order valence-corrected chi connectivity index (χ1v) is 4.16. The average Bonchev–Trinajstić information content (AvgIpc) is 2.19. The Morgan fingerprint density at radius 3 is 2.54 bits per heavy atom. The number of benzene rings is 1. The number of rotatable bonds is 5. The lowest BCUT2D eigenvalue weighted by atomic mass is 10.3. The number of anilines is 1. The molecule has 72 valence electrons. The molecule has 4 heteroatoms. The summed E-state index contributed by atoms with van der Waals surface area (Å²) >= 11 is 0. The molecular formula is C9H14N2O2. The van der Waals surface area contributed by atoms with Gasteiger partial charge >= 0.3 is 0 Å². The number of aliphatic hydroxyl groups excluding tert-OH is 2. The molecule has 0 fully saturated rings. The van der Waals surface area contributed by atoms with E-state index in [4.69, 9.17) is 10.2 Å². The Morgan fingerprint density at radius 1 is 1.23 bits per heavy atom. The molecular weight excluding hydrogens is 168 g/mol. The van der Waals surface area contributed by atoms with E-state index in [0.29, 0.717) is 6.54 Å². The molecule has 0 aromatic heterocycles. The van der Waals surface area contributed by atoms with Crippen molar-refractivity contribution in [2.45, 2.75) is 6.10 Å². The second kappa shape index (κ2) is 5.53. The summed E-state index contributed by atoms with van der Waals surface area (Å²) in [6.45, 7) is 0.0782. The molecule has 1 atom stereocenters. The number of hydrogen-bond donors (Lipinski definition) is 4. The molecule has 0 aliphatic rings. The van der Waals surface area contributed by atoms with Gasteiger partial charge in [0, 0.05) is 12.2 Å². The van der Waals surface area contributed by atoms with E-state index in [1.807, 2.05) is 30.3 Å². The minimum absolute atomic E-state index is 0.233. The molecule has 1 unspecified atom stereocenters. The average molecular weight is 182 g/mol. The van der Waals surface area contributed by atoms with Crippen LogP contribution in [0.4, 0.5) is 5.69 Å². The van der Waals surface area contributed by atoms with Gasteiger partial charge in [0.2, 0.25) is 0 Å². The van der Waals surface area contributed by atoms with Crippen LogP contribution < -0.4 is 10.9 Å². The van der Waals surface area contributed by atoms with Gasteiger partial charge in [-0.25, -0.2) is 5.43 Å². The molecule has 1 rings (SSSR count). The molecule has 1 aromatic carbocycles. The summed E-state index contributed by atoms with van der Waals surface area (Å²) in [6, 6.07) is 9.55. The predicted molar refractivity (Wildman–Crippen MR) is 51.2 cm³/mol. The third-order valence-corrected chi connectivity index (χ3v) is 1.55. The first-order valence-electron chi connectivity index (χ1n) is 4.16. The molecule has 4 nitrogen and oxygen atoms in total. The Labute approximate surface area is 77.2 Å². The zero-order chi connectivity index (χ0) is 9.52. The van der Waals surface area contributed by atoms with E-state index in [1.54, 1.807) is 0 Å². The maximum Gasteiger partial charge on any atom is 0.0913 e. The van der Waals surface area contributed by atoms with Crippen LogP contribution >= 0.6 is 0 Å². The van der Waals surface area contributed by atoms with Crippen molar-refractivity contribution in [1.82, 2.24) is 5.43 Å². The topological polar surface area (TPSA) is 64.5 Å². The Balaban J connectivity index is 2.20. The van der Waals surface area contributed by atoms with E-state index >= 15 is 0 Å². The first kappa shape index (κ1) is 9.98. The van der Waals surface area contributed by atoms with E-state index in [9.17, 15) is 0 Å². The second-order valence-electron chi connectivity index (χ2n) is 2.71. The standard InChI is InChI=1S/C9H14N2O2/c12-7-9(13)6-10-11-8-4-2-1-3-5-8/h1-5,9-13H,6-7H2. The number of aliphatic hydroxyl groups is 2. The van der Waals surface area contributed by atoms with Crippen LogP contribution in [0.15, 0.2) is 30.3 Å². The van der Waals surface area contributed by atoms with E-state index in [0.717, 1.165) is 5.69 Å². The summed E-state index contributed by atoms with van der Waals surface area (Å²) in [4.78, 5) is 0. The van der Waals surface area contributed by atoms with Crippen LogP contribution in [0.25, 0.3) is 0 Å². The van der Waals surface area contributed by atoms with Crippen LogP contribution in [-0.4, -0.2) is 29.5 Å². The molecule has 4 N–H and O–H groups in total. The van der Waals surface area contributed by atoms with Gasteiger partial charge in [-0.2, -0.15) is 0 Å². The summed E-state index contributed by atoms with van der Waals surface area (Å²) in [5.74, 6) is 0. The molecule has 0 radical (unpaired) electrons. The number of nitrogens with one attached hydrogen (secondary N) is 2. The lowest BCUT2D eigenvalue weighted by Gasteiger charge is -2.10. The van der Waals surface area contributed by atoms with Gasteiger partial charge in [0.25, 0.3) is 0 Å². The summed E-state index contributed by atoms with van der Waals surface area (Å²) in [5.41, 5.74) is 6.60. The lowest BCUT2D eigenvalue weighted by molar-refractivity contribution is 0.0961. The third kappa shape index (κ3) is 3.89. The predicted octanol–water partition coefficient (Wildman–Crippen LogP) is -0.0437. The maximum atomic E-state index is 8.98. The molecule has 0 bridgehead atoms. The van der Waals surface area contributed by atoms with Crippen molar-refractivity contribution in [1.29, 1.82) is 0 Å². The fraction of sp³-hybridized carbons (Fsp3) is 0.333. The van der Waals surface area contributed by atoms with E-state index in [-0.39, 0.29) is 6.61 Å². The Morgan fingerprint density at radius 2 is 1.92 bits per heavy atom. The van der Waals surface area contributed by atoms with Crippen molar-refractivity contribution in [3.8, 4) is 0 Å². The summed E-state index contributed by atoms with van der Waals surface area (Å²) in [7, 11) is 0. The zero-order valence-electron chi connectivity index (χ0n) is 7.27. The number of para-hydroxylation sites is 1. The summed E-state index contributed by atoms with van der Waals surface area (Å²) in [5, 5.41) is 17.5. The smallest absolute Gasteiger partial charge is 0.0913 e. The Hall–Kier alpha value is -1.10. The van der Waals surface area contributed by atoms with Crippen LogP contribution in [-0.2, 0) is 0 Å². The minimum atomic E-state index is -0.726. The van der Waals surface area contributed by atoms with E-state index in [2.05, 4.69) is 10.9 Å². The van der Waals surface area contributed by atoms with Gasteiger partial charge in [-0.3, -0.25) is 0 Å². The van der Waals surface area contributed by atoms with Crippen LogP contribution in [0.1, 0.15) is 0 Å². The van der Waals surface area contributed by atoms with E-state index < -0.39 is 6.10 Å². The van der Waals surface area contributed by atoms with Gasteiger partial charge in [0.15, 0.2) is 0 Å². The molecule has 0 saturated heterocycles. The normalized spacial score (nSPS) is 12.5. The highest BCUT2D eigenvalue weighted by molar-refractivity contribution is 5.41. The van der Waals surface area contributed by atoms with Gasteiger partial charge in [0.05, 0.1) is 12.7 Å². The number of hydrogen-bond acceptors (Lipinski definition) is 4. The van der Waals surface area contributed by atoms with Crippen LogP contribution in [0.5, 0.6) is 0 Å². The van der Waals surface area contributed by atoms with Crippen molar-refractivity contribution in [2.75, 3.05) is 18.6 Å². The monoisotopic (exact) mass is 182 g/mol. The highest BCUT2D eigenvalue weighted by Crippen LogP contribution is 2.02. The third-order valence-electron chi connectivity index (χ3n) is 1.55. The van der Waals surface area contributed by atoms with Gasteiger partial charge < -0.3 is 15.6 Å². The van der Waals surface area contributed by atoms with Crippen molar-refractivity contribution in [3.05, 3.63) is 30.3 Å². The zero-order valence-corrected chi connectivity index (χ0v) is 7.27. The quantitative estimate of drug-likeness (QED) is 0.482. The molecule has 0 heterocycles. The Kier molecular flexibility index (Phi) is 4.25. The van der Waals surface area contributed by atoms with Gasteiger partial charge in [-0.1, -0.05) is 18.2 Å². The molecule has 0 aliphatic carbocycles. The van der Waals surface area contributed by atoms with E-state index in [1.165, 1.54) is 0 Å². The molecule has 0 amide bonds. The lowest BCUT2D eigenvalue weighted by Crippen LogP contribution is -2.33. The molecule has 0 saturated carbocycles. The van der Waals surface area contributed by atoms with Gasteiger partial charge in [0.1, 0.15) is 0 Å². The van der Waals surface area contributed by atoms with Crippen molar-refractivity contribution < 1.29 is 10.2 Å². The van der Waals surface area contributed by atoms with Crippen molar-refractivity contribution >= 4 is 5.69 Å². The highest BCUT2D eigenvalue weighted by Gasteiger charge is 1.99. The largest absolute Gasteiger partial charge is 0.394 e. The van der Waals surface area contributed by atoms with Crippen LogP contribution in [0, 0.1) is 0 Å². The van der Waals surface area contributed by atoms with Crippen LogP contribution in [0.2, 0.25) is 0 Å². The SMILES string of the molecule is OCC(O)CNNc1ccccc1. The maximum absolute atomic E-state index is 8.98. The number of hydrazine groups is 1. The molecule has 0 aliphatic heterocycles. The van der Waals surface area contributed by atoms with Crippen LogP contribution in [0.3, 0.4) is 0 Å². The summed E-state index contributed by atoms with van der Waals surface area (Å²) in [6.07, 6.45) is -0.726. The summed E-state index contributed by atoms with van der Waals surface area (Å²) < 4.78 is 0. The molecule has 13 heavy (non-hydrogen) atoms. The van der Waals surface area contributed by atoms with Crippen molar-refractivity contribution in [3.63, 3.8) is 0 Å². The molecule has 0 spiro atoms. The first-order chi connectivity index (χ1) is 6.33. The minimum Gasteiger partial charge on any atom is -0.394 e. The second-order valence-corrected chi connectivity index (χ2v) is 2.71. The Bertz CT molecular complexity index is 228. The molecule has 1 aromatic rings.